The fraction of sp³-hybridized carbons (Fsp3) is 0.200. The van der Waals surface area contributed by atoms with Crippen LogP contribution >= 0.6 is 0 Å². The summed E-state index contributed by atoms with van der Waals surface area (Å²) in [5, 5.41) is 7.29. The summed E-state index contributed by atoms with van der Waals surface area (Å²) in [5.41, 5.74) is 7.40. The van der Waals surface area contributed by atoms with Crippen LogP contribution in [0, 0.1) is 11.2 Å². The first kappa shape index (κ1) is 14.0. The lowest BCUT2D eigenvalue weighted by molar-refractivity contribution is 0.622. The molecule has 0 saturated carbocycles. The van der Waals surface area contributed by atoms with E-state index >= 15 is 0 Å². The predicted molar refractivity (Wildman–Crippen MR) is 78.6 cm³/mol. The van der Waals surface area contributed by atoms with Crippen LogP contribution in [-0.4, -0.2) is 24.4 Å². The molecule has 0 spiro atoms. The van der Waals surface area contributed by atoms with Gasteiger partial charge in [-0.1, -0.05) is 0 Å². The molecular formula is C15H17FN4. The molecule has 20 heavy (non-hydrogen) atoms. The lowest BCUT2D eigenvalue weighted by Crippen LogP contribution is -2.22. The average Bonchev–Trinajstić information content (AvgIpc) is 2.45. The van der Waals surface area contributed by atoms with E-state index in [1.165, 1.54) is 6.07 Å². The number of benzene rings is 1. The van der Waals surface area contributed by atoms with Crippen LogP contribution in [-0.2, 0) is 6.42 Å². The van der Waals surface area contributed by atoms with Crippen LogP contribution in [0.1, 0.15) is 11.1 Å². The van der Waals surface area contributed by atoms with Crippen molar-refractivity contribution in [2.24, 2.45) is 5.73 Å². The number of nitrogens with zero attached hydrogens (tertiary/aromatic N) is 2. The number of anilines is 1. The number of hydrogen-bond donors (Lipinski definition) is 2. The Morgan fingerprint density at radius 3 is 2.60 bits per heavy atom. The molecule has 0 fully saturated rings. The molecule has 0 aliphatic heterocycles. The molecule has 2 aromatic rings. The van der Waals surface area contributed by atoms with Crippen molar-refractivity contribution in [2.45, 2.75) is 6.42 Å². The van der Waals surface area contributed by atoms with Crippen LogP contribution in [0.4, 0.5) is 10.1 Å². The number of likely N-dealkylation sites (N-methyl/N-ethyl adjacent to an activating group) is 1. The Labute approximate surface area is 117 Å². The molecule has 3 N–H and O–H groups in total. The second-order valence-electron chi connectivity index (χ2n) is 4.61. The minimum Gasteiger partial charge on any atom is -0.384 e. The zero-order chi connectivity index (χ0) is 14.5. The van der Waals surface area contributed by atoms with Crippen molar-refractivity contribution in [3.05, 3.63) is 59.7 Å². The minimum absolute atomic E-state index is 0.130. The second kappa shape index (κ2) is 6.14. The maximum absolute atomic E-state index is 14.0. The first-order valence-corrected chi connectivity index (χ1v) is 6.32. The van der Waals surface area contributed by atoms with E-state index < -0.39 is 0 Å². The van der Waals surface area contributed by atoms with E-state index in [-0.39, 0.29) is 11.7 Å². The van der Waals surface area contributed by atoms with Gasteiger partial charge in [-0.25, -0.2) is 4.39 Å². The van der Waals surface area contributed by atoms with Crippen molar-refractivity contribution < 1.29 is 4.39 Å². The first-order valence-electron chi connectivity index (χ1n) is 6.32. The summed E-state index contributed by atoms with van der Waals surface area (Å²) in [6.45, 7) is 0.695. The highest BCUT2D eigenvalue weighted by Gasteiger charge is 2.09. The lowest BCUT2D eigenvalue weighted by Gasteiger charge is -2.20. The zero-order valence-corrected chi connectivity index (χ0v) is 11.3. The van der Waals surface area contributed by atoms with Crippen molar-refractivity contribution in [2.75, 3.05) is 18.5 Å². The maximum Gasteiger partial charge on any atom is 0.147 e. The van der Waals surface area contributed by atoms with Crippen molar-refractivity contribution >= 4 is 11.5 Å². The fourth-order valence-electron chi connectivity index (χ4n) is 1.95. The Hall–Kier alpha value is -2.43. The number of aromatic nitrogens is 1. The van der Waals surface area contributed by atoms with E-state index in [2.05, 4.69) is 4.98 Å². The van der Waals surface area contributed by atoms with Gasteiger partial charge in [0.25, 0.3) is 0 Å². The Morgan fingerprint density at radius 2 is 2.00 bits per heavy atom. The quantitative estimate of drug-likeness (QED) is 0.647. The van der Waals surface area contributed by atoms with Gasteiger partial charge in [-0.3, -0.25) is 10.4 Å². The number of pyridine rings is 1. The van der Waals surface area contributed by atoms with Gasteiger partial charge in [0.2, 0.25) is 0 Å². The average molecular weight is 272 g/mol. The molecule has 0 amide bonds. The topological polar surface area (TPSA) is 66.0 Å². The lowest BCUT2D eigenvalue weighted by atomic mass is 10.1. The smallest absolute Gasteiger partial charge is 0.147 e. The van der Waals surface area contributed by atoms with Gasteiger partial charge in [0.05, 0.1) is 5.69 Å². The molecule has 0 bridgehead atoms. The molecule has 4 nitrogen and oxygen atoms in total. The van der Waals surface area contributed by atoms with Gasteiger partial charge in [0, 0.05) is 31.5 Å². The van der Waals surface area contributed by atoms with Gasteiger partial charge >= 0.3 is 0 Å². The molecule has 104 valence electrons. The molecule has 0 atom stereocenters. The van der Waals surface area contributed by atoms with Crippen molar-refractivity contribution in [3.63, 3.8) is 0 Å². The standard InChI is InChI=1S/C15H17FN4/c1-20(9-6-11-4-7-19-8-5-11)14-3-2-12(15(17)18)10-13(14)16/h2-5,7-8,10H,6,9H2,1H3,(H3,17,18). The number of nitrogen functional groups attached to an aromatic ring is 1. The molecular weight excluding hydrogens is 255 g/mol. The normalized spacial score (nSPS) is 10.3. The van der Waals surface area contributed by atoms with Gasteiger partial charge in [-0.05, 0) is 42.3 Å². The Morgan fingerprint density at radius 1 is 1.30 bits per heavy atom. The summed E-state index contributed by atoms with van der Waals surface area (Å²) in [5.74, 6) is -0.496. The number of nitrogens with one attached hydrogen (secondary N) is 1. The number of nitrogens with two attached hydrogens (primary N) is 1. The highest BCUT2D eigenvalue weighted by Crippen LogP contribution is 2.19. The first-order chi connectivity index (χ1) is 9.58. The molecule has 0 radical (unpaired) electrons. The van der Waals surface area contributed by atoms with Crippen LogP contribution in [0.2, 0.25) is 0 Å². The monoisotopic (exact) mass is 272 g/mol. The second-order valence-corrected chi connectivity index (χ2v) is 4.61. The van der Waals surface area contributed by atoms with Gasteiger partial charge in [0.15, 0.2) is 0 Å². The molecule has 0 unspecified atom stereocenters. The van der Waals surface area contributed by atoms with Gasteiger partial charge in [0.1, 0.15) is 11.7 Å². The Bertz CT molecular complexity index is 598. The van der Waals surface area contributed by atoms with E-state index in [1.807, 2.05) is 24.1 Å². The third-order valence-corrected chi connectivity index (χ3v) is 3.16. The van der Waals surface area contributed by atoms with Gasteiger partial charge in [-0.15, -0.1) is 0 Å². The van der Waals surface area contributed by atoms with E-state index in [0.717, 1.165) is 12.0 Å². The zero-order valence-electron chi connectivity index (χ0n) is 11.3. The fourth-order valence-corrected chi connectivity index (χ4v) is 1.95. The highest BCUT2D eigenvalue weighted by atomic mass is 19.1. The third-order valence-electron chi connectivity index (χ3n) is 3.16. The van der Waals surface area contributed by atoms with Gasteiger partial charge < -0.3 is 10.6 Å². The summed E-state index contributed by atoms with van der Waals surface area (Å²) in [6, 6.07) is 8.50. The molecule has 2 rings (SSSR count). The van der Waals surface area contributed by atoms with Crippen molar-refractivity contribution in [3.8, 4) is 0 Å². The van der Waals surface area contributed by atoms with E-state index in [0.29, 0.717) is 17.8 Å². The Kier molecular flexibility index (Phi) is 4.30. The van der Waals surface area contributed by atoms with Gasteiger partial charge in [-0.2, -0.15) is 0 Å². The molecule has 0 aliphatic rings. The number of amidine groups is 1. The van der Waals surface area contributed by atoms with Crippen molar-refractivity contribution in [1.82, 2.24) is 4.98 Å². The summed E-state index contributed by atoms with van der Waals surface area (Å²) in [4.78, 5) is 5.81. The van der Waals surface area contributed by atoms with Crippen LogP contribution in [0.15, 0.2) is 42.7 Å². The third kappa shape index (κ3) is 3.32. The SMILES string of the molecule is CN(CCc1ccncc1)c1ccc(C(=N)N)cc1F. The summed E-state index contributed by atoms with van der Waals surface area (Å²) in [6.07, 6.45) is 4.31. The van der Waals surface area contributed by atoms with Crippen LogP contribution < -0.4 is 10.6 Å². The number of halogens is 1. The Balaban J connectivity index is 2.06. The molecule has 1 aromatic carbocycles. The molecule has 0 aliphatic carbocycles. The van der Waals surface area contributed by atoms with Crippen LogP contribution in [0.25, 0.3) is 0 Å². The summed E-state index contributed by atoms with van der Waals surface area (Å²) in [7, 11) is 1.84. The number of hydrogen-bond acceptors (Lipinski definition) is 3. The largest absolute Gasteiger partial charge is 0.384 e. The van der Waals surface area contributed by atoms with E-state index in [9.17, 15) is 4.39 Å². The molecule has 0 saturated heterocycles. The van der Waals surface area contributed by atoms with E-state index in [4.69, 9.17) is 11.1 Å². The van der Waals surface area contributed by atoms with Crippen molar-refractivity contribution in [1.29, 1.82) is 5.41 Å². The summed E-state index contributed by atoms with van der Waals surface area (Å²) < 4.78 is 14.0. The maximum atomic E-state index is 14.0. The molecule has 5 heteroatoms. The minimum atomic E-state index is -0.366. The highest BCUT2D eigenvalue weighted by molar-refractivity contribution is 5.95. The van der Waals surface area contributed by atoms with Crippen LogP contribution in [0.5, 0.6) is 0 Å². The van der Waals surface area contributed by atoms with Crippen LogP contribution in [0.3, 0.4) is 0 Å². The molecule has 1 heterocycles. The number of rotatable bonds is 5. The van der Waals surface area contributed by atoms with E-state index in [1.54, 1.807) is 24.5 Å². The molecule has 1 aromatic heterocycles. The predicted octanol–water partition coefficient (Wildman–Crippen LogP) is 2.18. The summed E-state index contributed by atoms with van der Waals surface area (Å²) >= 11 is 0.